The number of rotatable bonds is 11. The Morgan fingerprint density at radius 3 is 2.27 bits per heavy atom. The van der Waals surface area contributed by atoms with Gasteiger partial charge in [-0.2, -0.15) is 4.99 Å². The van der Waals surface area contributed by atoms with E-state index in [0.717, 1.165) is 41.4 Å². The van der Waals surface area contributed by atoms with Gasteiger partial charge in [0.05, 0.1) is 27.2 Å². The highest BCUT2D eigenvalue weighted by Crippen LogP contribution is 2.12. The van der Waals surface area contributed by atoms with Crippen molar-refractivity contribution in [2.75, 3.05) is 20.6 Å². The molecule has 0 saturated heterocycles. The number of nitrogens with one attached hydrogen (secondary N) is 1. The van der Waals surface area contributed by atoms with E-state index in [-0.39, 0.29) is 24.1 Å². The number of esters is 1. The normalized spacial score (nSPS) is 12.6. The number of carbonyl (C=O) groups excluding carboxylic acids is 2. The molecule has 1 heterocycles. The summed E-state index contributed by atoms with van der Waals surface area (Å²) in [5, 5.41) is 1.08. The van der Waals surface area contributed by atoms with Crippen LogP contribution in [0.1, 0.15) is 35.2 Å². The maximum Gasteiger partial charge on any atom is 0.366 e. The second-order valence-electron chi connectivity index (χ2n) is 8.74. The number of hydrogen-bond donors (Lipinski definition) is 2. The van der Waals surface area contributed by atoms with Crippen LogP contribution in [0.3, 0.4) is 0 Å². The van der Waals surface area contributed by atoms with Crippen LogP contribution in [0.4, 0.5) is 0 Å². The van der Waals surface area contributed by atoms with Crippen molar-refractivity contribution >= 4 is 46.6 Å². The molecule has 2 aromatic carbocycles. The minimum Gasteiger partial charge on any atom is -0.439 e. The number of quaternary nitrogens is 2. The number of aromatic nitrogens is 2. The molecule has 4 N–H and O–H groups in total. The molecule has 1 atom stereocenters. The number of amides is 1. The average molecular weight is 569 g/mol. The van der Waals surface area contributed by atoms with Crippen LogP contribution in [0, 0.1) is 0 Å². The molecule has 0 fully saturated rings. The fraction of sp³-hybridized carbons (Fsp3) is 0.360. The summed E-state index contributed by atoms with van der Waals surface area (Å²) < 4.78 is 8.21. The highest BCUT2D eigenvalue weighted by Gasteiger charge is 2.26. The van der Waals surface area contributed by atoms with Crippen molar-refractivity contribution < 1.29 is 25.0 Å². The number of hydrogen-bond acceptors (Lipinski definition) is 5. The van der Waals surface area contributed by atoms with Gasteiger partial charge in [0, 0.05) is 22.0 Å². The van der Waals surface area contributed by atoms with Crippen molar-refractivity contribution in [3.05, 3.63) is 85.0 Å². The molecule has 37 heavy (non-hydrogen) atoms. The van der Waals surface area contributed by atoms with E-state index in [0.29, 0.717) is 22.0 Å². The average Bonchev–Trinajstić information content (AvgIpc) is 3.15. The molecule has 12 heteroatoms. The van der Waals surface area contributed by atoms with Gasteiger partial charge in [-0.3, -0.25) is 4.79 Å². The van der Waals surface area contributed by atoms with E-state index >= 15 is 0 Å². The molecule has 3 aromatic rings. The van der Waals surface area contributed by atoms with Crippen molar-refractivity contribution in [2.45, 2.75) is 38.6 Å². The van der Waals surface area contributed by atoms with Gasteiger partial charge in [0.25, 0.3) is 5.91 Å². The molecule has 0 aliphatic carbocycles. The van der Waals surface area contributed by atoms with Gasteiger partial charge in [0.1, 0.15) is 0 Å². The molecule has 198 valence electrons. The fourth-order valence-electron chi connectivity index (χ4n) is 3.59. The first kappa shape index (κ1) is 28.8. The van der Waals surface area contributed by atoms with Crippen LogP contribution in [0.5, 0.6) is 0 Å². The molecule has 0 aliphatic heterocycles. The molecule has 3 rings (SSSR count). The van der Waals surface area contributed by atoms with Crippen LogP contribution in [0.25, 0.3) is 0 Å². The Hall–Kier alpha value is -2.76. The molecule has 1 aromatic heterocycles. The van der Waals surface area contributed by atoms with Gasteiger partial charge in [0.2, 0.25) is 4.80 Å². The number of halogens is 2. The van der Waals surface area contributed by atoms with Crippen LogP contribution in [0.2, 0.25) is 10.0 Å². The SMILES string of the molecule is C[NH+](C)C(CCCC[NH3+])C(=O)OCn1c(=NC(=O)c2ccc(Cl)cc2)sn(Cc2ccc(Cl)cc2)c1=O. The lowest BCUT2D eigenvalue weighted by Crippen LogP contribution is -3.11. The molecule has 0 radical (unpaired) electrons. The molecule has 1 amide bonds. The maximum atomic E-state index is 13.3. The van der Waals surface area contributed by atoms with Crippen molar-refractivity contribution in [3.8, 4) is 0 Å². The standard InChI is InChI=1S/C25H29Cl2N5O4S/c1-30(2)21(5-3-4-14-28)23(34)36-16-31-24(29-22(33)18-8-12-20(27)13-9-18)37-32(25(31)35)15-17-6-10-19(26)11-7-17/h6-13,21H,3-5,14-16,28H2,1-2H3/p+2. The molecular formula is C25H31Cl2N5O4S+2. The molecule has 9 nitrogen and oxygen atoms in total. The number of carbonyl (C=O) groups is 2. The predicted octanol–water partition coefficient (Wildman–Crippen LogP) is 1.23. The zero-order chi connectivity index (χ0) is 26.9. The van der Waals surface area contributed by atoms with Crippen LogP contribution < -0.4 is 21.1 Å². The predicted molar refractivity (Wildman–Crippen MR) is 143 cm³/mol. The van der Waals surface area contributed by atoms with Gasteiger partial charge in [-0.1, -0.05) is 35.3 Å². The molecular weight excluding hydrogens is 537 g/mol. The van der Waals surface area contributed by atoms with Crippen LogP contribution in [0.15, 0.2) is 58.3 Å². The summed E-state index contributed by atoms with van der Waals surface area (Å²) >= 11 is 12.9. The van der Waals surface area contributed by atoms with Crippen LogP contribution in [-0.4, -0.2) is 47.1 Å². The third-order valence-electron chi connectivity index (χ3n) is 5.70. The van der Waals surface area contributed by atoms with Crippen LogP contribution >= 0.6 is 34.7 Å². The molecule has 0 aliphatic rings. The number of benzene rings is 2. The smallest absolute Gasteiger partial charge is 0.366 e. The monoisotopic (exact) mass is 567 g/mol. The zero-order valence-electron chi connectivity index (χ0n) is 20.8. The first-order valence-electron chi connectivity index (χ1n) is 11.9. The largest absolute Gasteiger partial charge is 0.439 e. The second kappa shape index (κ2) is 13.7. The first-order valence-corrected chi connectivity index (χ1v) is 13.4. The summed E-state index contributed by atoms with van der Waals surface area (Å²) in [6.45, 7) is 0.692. The maximum absolute atomic E-state index is 13.3. The van der Waals surface area contributed by atoms with E-state index in [2.05, 4.69) is 10.7 Å². The Morgan fingerprint density at radius 2 is 1.68 bits per heavy atom. The highest BCUT2D eigenvalue weighted by molar-refractivity contribution is 7.03. The fourth-order valence-corrected chi connectivity index (χ4v) is 4.78. The lowest BCUT2D eigenvalue weighted by Gasteiger charge is -2.19. The third kappa shape index (κ3) is 8.11. The first-order chi connectivity index (χ1) is 17.7. The summed E-state index contributed by atoms with van der Waals surface area (Å²) in [4.78, 5) is 44.2. The Morgan fingerprint density at radius 1 is 1.05 bits per heavy atom. The second-order valence-corrected chi connectivity index (χ2v) is 10.6. The Bertz CT molecular complexity index is 1330. The molecule has 0 spiro atoms. The number of nitrogens with zero attached hydrogens (tertiary/aromatic N) is 3. The third-order valence-corrected chi connectivity index (χ3v) is 7.19. The highest BCUT2D eigenvalue weighted by atomic mass is 35.5. The van der Waals surface area contributed by atoms with Gasteiger partial charge in [-0.05, 0) is 66.3 Å². The van der Waals surface area contributed by atoms with E-state index in [9.17, 15) is 14.4 Å². The van der Waals surface area contributed by atoms with Crippen molar-refractivity contribution in [1.29, 1.82) is 0 Å². The lowest BCUT2D eigenvalue weighted by atomic mass is 10.1. The van der Waals surface area contributed by atoms with Crippen LogP contribution in [-0.2, 0) is 22.8 Å². The van der Waals surface area contributed by atoms with Gasteiger partial charge in [-0.25, -0.2) is 18.1 Å². The molecule has 0 saturated carbocycles. The summed E-state index contributed by atoms with van der Waals surface area (Å²) in [6.07, 6.45) is 2.42. The van der Waals surface area contributed by atoms with E-state index in [1.54, 1.807) is 36.4 Å². The summed E-state index contributed by atoms with van der Waals surface area (Å²) in [5.74, 6) is -0.957. The summed E-state index contributed by atoms with van der Waals surface area (Å²) in [6, 6.07) is 13.0. The Labute approximate surface area is 228 Å². The van der Waals surface area contributed by atoms with E-state index < -0.39 is 17.6 Å². The molecule has 0 bridgehead atoms. The van der Waals surface area contributed by atoms with Crippen molar-refractivity contribution in [1.82, 2.24) is 8.52 Å². The molecule has 1 unspecified atom stereocenters. The van der Waals surface area contributed by atoms with Gasteiger partial charge in [0.15, 0.2) is 12.8 Å². The van der Waals surface area contributed by atoms with Crippen molar-refractivity contribution in [3.63, 3.8) is 0 Å². The Kier molecular flexibility index (Phi) is 10.7. The van der Waals surface area contributed by atoms with Crippen molar-refractivity contribution in [2.24, 2.45) is 4.99 Å². The number of likely N-dealkylation sites (N-methyl/N-ethyl adjacent to an activating group) is 1. The van der Waals surface area contributed by atoms with Gasteiger partial charge >= 0.3 is 11.7 Å². The summed E-state index contributed by atoms with van der Waals surface area (Å²) in [5.41, 5.74) is 4.56. The Balaban J connectivity index is 1.91. The number of ether oxygens (including phenoxy) is 1. The topological polar surface area (TPSA) is 115 Å². The number of unbranched alkanes of at least 4 members (excludes halogenated alkanes) is 1. The van der Waals surface area contributed by atoms with E-state index in [4.69, 9.17) is 27.9 Å². The van der Waals surface area contributed by atoms with Gasteiger partial charge < -0.3 is 15.4 Å². The zero-order valence-corrected chi connectivity index (χ0v) is 23.1. The van der Waals surface area contributed by atoms with Gasteiger partial charge in [-0.15, -0.1) is 0 Å². The minimum atomic E-state index is -0.541. The quantitative estimate of drug-likeness (QED) is 0.268. The summed E-state index contributed by atoms with van der Waals surface area (Å²) in [7, 11) is 3.77. The van der Waals surface area contributed by atoms with E-state index in [1.165, 1.54) is 8.52 Å². The lowest BCUT2D eigenvalue weighted by molar-refractivity contribution is -0.876. The van der Waals surface area contributed by atoms with E-state index in [1.807, 2.05) is 26.2 Å². The minimum absolute atomic E-state index is 0.123.